The molecule has 21 heavy (non-hydrogen) atoms. The van der Waals surface area contributed by atoms with Gasteiger partial charge in [-0.3, -0.25) is 9.52 Å². The Bertz CT molecular complexity index is 777. The van der Waals surface area contributed by atoms with Crippen molar-refractivity contribution < 1.29 is 13.2 Å². The number of aryl methyl sites for hydroxylation is 2. The first-order valence-electron chi connectivity index (χ1n) is 6.19. The normalized spacial score (nSPS) is 11.2. The topological polar surface area (TPSA) is 63.2 Å². The van der Waals surface area contributed by atoms with E-state index in [9.17, 15) is 13.2 Å². The van der Waals surface area contributed by atoms with Crippen molar-refractivity contribution in [2.75, 3.05) is 4.72 Å². The van der Waals surface area contributed by atoms with Gasteiger partial charge in [-0.2, -0.15) is 0 Å². The molecule has 0 heterocycles. The zero-order chi connectivity index (χ0) is 15.6. The van der Waals surface area contributed by atoms with E-state index in [0.29, 0.717) is 22.4 Å². The molecule has 0 saturated heterocycles. The van der Waals surface area contributed by atoms with Gasteiger partial charge in [0.15, 0.2) is 6.29 Å². The molecule has 6 heteroatoms. The van der Waals surface area contributed by atoms with Crippen LogP contribution in [0.4, 0.5) is 5.69 Å². The smallest absolute Gasteiger partial charge is 0.263 e. The van der Waals surface area contributed by atoms with E-state index in [-0.39, 0.29) is 9.92 Å². The molecule has 0 aliphatic heterocycles. The van der Waals surface area contributed by atoms with E-state index < -0.39 is 10.0 Å². The van der Waals surface area contributed by atoms with Gasteiger partial charge in [0, 0.05) is 11.3 Å². The maximum absolute atomic E-state index is 12.3. The average molecular weight is 324 g/mol. The van der Waals surface area contributed by atoms with Crippen molar-refractivity contribution in [2.24, 2.45) is 0 Å². The molecule has 0 aromatic heterocycles. The molecule has 0 aliphatic carbocycles. The molecule has 2 aromatic rings. The van der Waals surface area contributed by atoms with Crippen molar-refractivity contribution in [1.29, 1.82) is 0 Å². The van der Waals surface area contributed by atoms with Gasteiger partial charge in [-0.15, -0.1) is 0 Å². The van der Waals surface area contributed by atoms with E-state index in [1.165, 1.54) is 12.1 Å². The van der Waals surface area contributed by atoms with Gasteiger partial charge in [0.05, 0.1) is 5.02 Å². The van der Waals surface area contributed by atoms with Crippen LogP contribution in [0.5, 0.6) is 0 Å². The Labute approximate surface area is 128 Å². The molecule has 0 atom stereocenters. The van der Waals surface area contributed by atoms with Crippen LogP contribution in [0.25, 0.3) is 0 Å². The minimum atomic E-state index is -3.77. The van der Waals surface area contributed by atoms with Gasteiger partial charge in [0.25, 0.3) is 10.0 Å². The van der Waals surface area contributed by atoms with Crippen molar-refractivity contribution in [1.82, 2.24) is 0 Å². The highest BCUT2D eigenvalue weighted by molar-refractivity contribution is 7.92. The summed E-state index contributed by atoms with van der Waals surface area (Å²) in [5.41, 5.74) is 2.38. The van der Waals surface area contributed by atoms with Crippen molar-refractivity contribution in [3.8, 4) is 0 Å². The molecule has 0 radical (unpaired) electrons. The molecule has 2 aromatic carbocycles. The minimum Gasteiger partial charge on any atom is -0.298 e. The standard InChI is InChI=1S/C15H14ClNO3S/c1-10-7-12(8-11(2)13(10)9-18)17-21(19,20)15-6-4-3-5-14(15)16/h3-9,17H,1-2H3. The summed E-state index contributed by atoms with van der Waals surface area (Å²) in [4.78, 5) is 11.0. The molecule has 4 nitrogen and oxygen atoms in total. The fourth-order valence-electron chi connectivity index (χ4n) is 2.09. The predicted molar refractivity (Wildman–Crippen MR) is 83.6 cm³/mol. The zero-order valence-corrected chi connectivity index (χ0v) is 13.1. The van der Waals surface area contributed by atoms with E-state index >= 15 is 0 Å². The summed E-state index contributed by atoms with van der Waals surface area (Å²) >= 11 is 5.92. The summed E-state index contributed by atoms with van der Waals surface area (Å²) in [6.45, 7) is 3.51. The van der Waals surface area contributed by atoms with Gasteiger partial charge in [-0.1, -0.05) is 23.7 Å². The Hall–Kier alpha value is -1.85. The van der Waals surface area contributed by atoms with Crippen LogP contribution < -0.4 is 4.72 Å². The van der Waals surface area contributed by atoms with Gasteiger partial charge in [0.2, 0.25) is 0 Å². The van der Waals surface area contributed by atoms with E-state index in [1.807, 2.05) is 0 Å². The number of nitrogens with one attached hydrogen (secondary N) is 1. The maximum atomic E-state index is 12.3. The zero-order valence-electron chi connectivity index (χ0n) is 11.6. The predicted octanol–water partition coefficient (Wildman–Crippen LogP) is 3.57. The highest BCUT2D eigenvalue weighted by Crippen LogP contribution is 2.25. The lowest BCUT2D eigenvalue weighted by Gasteiger charge is -2.12. The van der Waals surface area contributed by atoms with Crippen LogP contribution >= 0.6 is 11.6 Å². The van der Waals surface area contributed by atoms with Gasteiger partial charge in [-0.25, -0.2) is 8.42 Å². The fraction of sp³-hybridized carbons (Fsp3) is 0.133. The molecule has 0 spiro atoms. The second-order valence-electron chi connectivity index (χ2n) is 4.68. The summed E-state index contributed by atoms with van der Waals surface area (Å²) < 4.78 is 27.1. The number of rotatable bonds is 4. The number of halogens is 1. The molecule has 110 valence electrons. The SMILES string of the molecule is Cc1cc(NS(=O)(=O)c2ccccc2Cl)cc(C)c1C=O. The number of carbonyl (C=O) groups is 1. The number of sulfonamides is 1. The van der Waals surface area contributed by atoms with Crippen molar-refractivity contribution in [2.45, 2.75) is 18.7 Å². The lowest BCUT2D eigenvalue weighted by Crippen LogP contribution is -2.14. The first kappa shape index (κ1) is 15.5. The molecule has 0 unspecified atom stereocenters. The first-order valence-corrected chi connectivity index (χ1v) is 8.05. The Morgan fingerprint density at radius 3 is 2.19 bits per heavy atom. The van der Waals surface area contributed by atoms with Gasteiger partial charge >= 0.3 is 0 Å². The van der Waals surface area contributed by atoms with Crippen molar-refractivity contribution in [3.63, 3.8) is 0 Å². The molecule has 0 aliphatic rings. The summed E-state index contributed by atoms with van der Waals surface area (Å²) in [6.07, 6.45) is 0.761. The van der Waals surface area contributed by atoms with Crippen LogP contribution in [0.15, 0.2) is 41.3 Å². The van der Waals surface area contributed by atoms with Gasteiger partial charge < -0.3 is 0 Å². The van der Waals surface area contributed by atoms with E-state index in [1.54, 1.807) is 38.1 Å². The third-order valence-electron chi connectivity index (χ3n) is 3.09. The summed E-state index contributed by atoms with van der Waals surface area (Å²) in [5, 5.41) is 0.156. The van der Waals surface area contributed by atoms with E-state index in [4.69, 9.17) is 11.6 Å². The Morgan fingerprint density at radius 2 is 1.67 bits per heavy atom. The molecular weight excluding hydrogens is 310 g/mol. The lowest BCUT2D eigenvalue weighted by atomic mass is 10.0. The summed E-state index contributed by atoms with van der Waals surface area (Å²) in [6, 6.07) is 9.45. The fourth-order valence-corrected chi connectivity index (χ4v) is 3.65. The molecule has 2 rings (SSSR count). The third-order valence-corrected chi connectivity index (χ3v) is 4.97. The lowest BCUT2D eigenvalue weighted by molar-refractivity contribution is 0.112. The molecule has 0 bridgehead atoms. The number of anilines is 1. The maximum Gasteiger partial charge on any atom is 0.263 e. The number of aldehydes is 1. The van der Waals surface area contributed by atoms with E-state index in [2.05, 4.69) is 4.72 Å². The van der Waals surface area contributed by atoms with Crippen LogP contribution in [-0.2, 0) is 10.0 Å². The number of carbonyl (C=O) groups excluding carboxylic acids is 1. The summed E-state index contributed by atoms with van der Waals surface area (Å²) in [5.74, 6) is 0. The molecule has 0 fully saturated rings. The Balaban J connectivity index is 2.43. The minimum absolute atomic E-state index is 0.0152. The van der Waals surface area contributed by atoms with Crippen LogP contribution in [0, 0.1) is 13.8 Å². The highest BCUT2D eigenvalue weighted by Gasteiger charge is 2.18. The number of hydrogen-bond acceptors (Lipinski definition) is 3. The quantitative estimate of drug-likeness (QED) is 0.875. The van der Waals surface area contributed by atoms with E-state index in [0.717, 1.165) is 6.29 Å². The number of hydrogen-bond donors (Lipinski definition) is 1. The van der Waals surface area contributed by atoms with Crippen molar-refractivity contribution in [3.05, 3.63) is 58.1 Å². The second-order valence-corrected chi connectivity index (χ2v) is 6.74. The average Bonchev–Trinajstić information content (AvgIpc) is 2.38. The third kappa shape index (κ3) is 3.25. The van der Waals surface area contributed by atoms with Crippen molar-refractivity contribution >= 4 is 33.6 Å². The van der Waals surface area contributed by atoms with Crippen LogP contribution in [0.1, 0.15) is 21.5 Å². The first-order chi connectivity index (χ1) is 9.85. The molecular formula is C15H14ClNO3S. The van der Waals surface area contributed by atoms with Crippen LogP contribution in [0.3, 0.4) is 0 Å². The molecule has 0 saturated carbocycles. The van der Waals surface area contributed by atoms with Gasteiger partial charge in [-0.05, 0) is 49.2 Å². The Morgan fingerprint density at radius 1 is 1.10 bits per heavy atom. The summed E-state index contributed by atoms with van der Waals surface area (Å²) in [7, 11) is -3.77. The molecule has 0 amide bonds. The Kier molecular flexibility index (Phi) is 4.34. The monoisotopic (exact) mass is 323 g/mol. The van der Waals surface area contributed by atoms with Gasteiger partial charge in [0.1, 0.15) is 4.90 Å². The van der Waals surface area contributed by atoms with Crippen LogP contribution in [0.2, 0.25) is 5.02 Å². The highest BCUT2D eigenvalue weighted by atomic mass is 35.5. The second kappa shape index (κ2) is 5.87. The molecule has 1 N–H and O–H groups in total. The largest absolute Gasteiger partial charge is 0.298 e. The number of benzene rings is 2. The van der Waals surface area contributed by atoms with Crippen LogP contribution in [-0.4, -0.2) is 14.7 Å².